The van der Waals surface area contributed by atoms with Crippen molar-refractivity contribution in [1.29, 1.82) is 0 Å². The number of nitrogens with zero attached hydrogens (tertiary/aromatic N) is 3. The Morgan fingerprint density at radius 2 is 1.00 bits per heavy atom. The molecule has 0 aliphatic carbocycles. The summed E-state index contributed by atoms with van der Waals surface area (Å²) in [5.74, 6) is 2.23. The summed E-state index contributed by atoms with van der Waals surface area (Å²) in [5, 5.41) is 0. The molecule has 0 fully saturated rings. The van der Waals surface area contributed by atoms with Gasteiger partial charge in [0.2, 0.25) is 0 Å². The molecule has 4 aromatic heterocycles. The maximum absolute atomic E-state index is 2.29. The molecule has 3 heteroatoms. The van der Waals surface area contributed by atoms with Gasteiger partial charge in [0.25, 0.3) is 0 Å². The average molecular weight is 323 g/mol. The number of fused-ring (bicyclic) bond motifs is 2. The smallest absolute Gasteiger partial charge is 0.123 e. The van der Waals surface area contributed by atoms with Crippen LogP contribution < -0.4 is 4.90 Å². The van der Waals surface area contributed by atoms with E-state index in [1.165, 1.54) is 11.0 Å². The molecule has 0 spiro atoms. The Balaban J connectivity index is 1.81. The summed E-state index contributed by atoms with van der Waals surface area (Å²) in [4.78, 5) is 2.29. The van der Waals surface area contributed by atoms with Gasteiger partial charge in [0, 0.05) is 29.1 Å². The molecule has 0 bridgehead atoms. The molecule has 0 saturated carbocycles. The molecule has 120 valence electrons. The van der Waals surface area contributed by atoms with Crippen LogP contribution in [0.1, 0.15) is 0 Å². The van der Waals surface area contributed by atoms with Gasteiger partial charge in [-0.3, -0.25) is 4.90 Å². The minimum absolute atomic E-state index is 1.12. The number of hydrogen-bond donors (Lipinski definition) is 0. The summed E-state index contributed by atoms with van der Waals surface area (Å²) < 4.78 is 4.44. The molecule has 0 unspecified atom stereocenters. The van der Waals surface area contributed by atoms with E-state index in [1.54, 1.807) is 0 Å². The fourth-order valence-corrected chi connectivity index (χ4v) is 3.41. The Labute approximate surface area is 146 Å². The van der Waals surface area contributed by atoms with E-state index in [1.807, 2.05) is 6.07 Å². The van der Waals surface area contributed by atoms with Gasteiger partial charge in [-0.25, -0.2) is 0 Å². The van der Waals surface area contributed by atoms with E-state index in [0.717, 1.165) is 17.3 Å². The molecule has 5 rings (SSSR count). The van der Waals surface area contributed by atoms with Gasteiger partial charge in [-0.1, -0.05) is 30.3 Å². The number of anilines is 3. The zero-order valence-electron chi connectivity index (χ0n) is 13.7. The van der Waals surface area contributed by atoms with Crippen LogP contribution in [0.15, 0.2) is 103 Å². The van der Waals surface area contributed by atoms with Crippen LogP contribution in [-0.2, 0) is 0 Å². The highest BCUT2D eigenvalue weighted by molar-refractivity contribution is 5.78. The second kappa shape index (κ2) is 5.56. The molecule has 0 saturated heterocycles. The van der Waals surface area contributed by atoms with Crippen LogP contribution in [0.2, 0.25) is 0 Å². The van der Waals surface area contributed by atoms with E-state index >= 15 is 0 Å². The molecule has 0 atom stereocenters. The minimum Gasteiger partial charge on any atom is -0.303 e. The normalized spacial score (nSPS) is 11.2. The monoisotopic (exact) mass is 323 g/mol. The zero-order valence-corrected chi connectivity index (χ0v) is 13.7. The summed E-state index contributed by atoms with van der Waals surface area (Å²) in [6.07, 6.45) is 4.22. The molecule has 0 radical (unpaired) electrons. The quantitative estimate of drug-likeness (QED) is 0.417. The summed E-state index contributed by atoms with van der Waals surface area (Å²) in [6.45, 7) is 0. The lowest BCUT2D eigenvalue weighted by Crippen LogP contribution is -2.13. The minimum atomic E-state index is 1.12. The number of para-hydroxylation sites is 1. The van der Waals surface area contributed by atoms with Crippen LogP contribution >= 0.6 is 0 Å². The molecule has 3 nitrogen and oxygen atoms in total. The lowest BCUT2D eigenvalue weighted by molar-refractivity contribution is 1.06. The van der Waals surface area contributed by atoms with E-state index in [4.69, 9.17) is 0 Å². The Kier molecular flexibility index (Phi) is 3.10. The Hall–Kier alpha value is -3.46. The predicted molar refractivity (Wildman–Crippen MR) is 103 cm³/mol. The van der Waals surface area contributed by atoms with Gasteiger partial charge in [-0.15, -0.1) is 0 Å². The maximum Gasteiger partial charge on any atom is 0.123 e. The van der Waals surface area contributed by atoms with Crippen molar-refractivity contribution in [3.63, 3.8) is 0 Å². The first-order valence-corrected chi connectivity index (χ1v) is 8.39. The summed E-state index contributed by atoms with van der Waals surface area (Å²) >= 11 is 0. The van der Waals surface area contributed by atoms with E-state index in [0.29, 0.717) is 0 Å². The molecule has 0 N–H and O–H groups in total. The fourth-order valence-electron chi connectivity index (χ4n) is 3.41. The highest BCUT2D eigenvalue weighted by atomic mass is 15.3. The number of benzene rings is 1. The van der Waals surface area contributed by atoms with Gasteiger partial charge < -0.3 is 8.80 Å². The highest BCUT2D eigenvalue weighted by Gasteiger charge is 2.18. The molecule has 0 aliphatic rings. The van der Waals surface area contributed by atoms with Crippen LogP contribution in [0.3, 0.4) is 0 Å². The van der Waals surface area contributed by atoms with Gasteiger partial charge >= 0.3 is 0 Å². The van der Waals surface area contributed by atoms with Crippen molar-refractivity contribution in [2.45, 2.75) is 0 Å². The van der Waals surface area contributed by atoms with Crippen molar-refractivity contribution in [2.24, 2.45) is 0 Å². The number of rotatable bonds is 3. The standard InChI is InChI=1S/C22H17N3/c1-2-10-20(11-3-1)25(21-14-12-18-8-4-6-16-23(18)21)22-15-13-19-9-5-7-17-24(19)22/h1-17H. The first-order chi connectivity index (χ1) is 12.4. The number of pyridine rings is 2. The van der Waals surface area contributed by atoms with Gasteiger partial charge in [-0.2, -0.15) is 0 Å². The van der Waals surface area contributed by atoms with Gasteiger partial charge in [-0.05, 0) is 60.7 Å². The lowest BCUT2D eigenvalue weighted by atomic mass is 10.3. The zero-order chi connectivity index (χ0) is 16.6. The molecular weight excluding hydrogens is 306 g/mol. The molecule has 25 heavy (non-hydrogen) atoms. The van der Waals surface area contributed by atoms with Crippen molar-refractivity contribution in [3.8, 4) is 0 Å². The molecule has 0 amide bonds. The Morgan fingerprint density at radius 3 is 1.56 bits per heavy atom. The molecule has 1 aromatic carbocycles. The van der Waals surface area contributed by atoms with E-state index in [9.17, 15) is 0 Å². The Bertz CT molecular complexity index is 1080. The van der Waals surface area contributed by atoms with Gasteiger partial charge in [0.05, 0.1) is 0 Å². The predicted octanol–water partition coefficient (Wildman–Crippen LogP) is 5.66. The largest absolute Gasteiger partial charge is 0.303 e. The highest BCUT2D eigenvalue weighted by Crippen LogP contribution is 2.36. The average Bonchev–Trinajstić information content (AvgIpc) is 3.29. The molecule has 4 heterocycles. The molecular formula is C22H17N3. The summed E-state index contributed by atoms with van der Waals surface area (Å²) in [6, 6.07) is 31.7. The second-order valence-corrected chi connectivity index (χ2v) is 6.05. The van der Waals surface area contributed by atoms with E-state index < -0.39 is 0 Å². The van der Waals surface area contributed by atoms with Crippen LogP contribution in [-0.4, -0.2) is 8.80 Å². The number of hydrogen-bond acceptors (Lipinski definition) is 1. The Morgan fingerprint density at radius 1 is 0.480 bits per heavy atom. The third-order valence-electron chi connectivity index (χ3n) is 4.56. The van der Waals surface area contributed by atoms with E-state index in [2.05, 4.69) is 111 Å². The molecule has 0 aliphatic heterocycles. The topological polar surface area (TPSA) is 12.1 Å². The fraction of sp³-hybridized carbons (Fsp3) is 0. The van der Waals surface area contributed by atoms with Crippen LogP contribution in [0.25, 0.3) is 11.0 Å². The number of aromatic nitrogens is 2. The first kappa shape index (κ1) is 13.9. The first-order valence-electron chi connectivity index (χ1n) is 8.39. The van der Waals surface area contributed by atoms with Crippen LogP contribution in [0, 0.1) is 0 Å². The second-order valence-electron chi connectivity index (χ2n) is 6.05. The summed E-state index contributed by atoms with van der Waals surface area (Å²) in [7, 11) is 0. The van der Waals surface area contributed by atoms with Crippen molar-refractivity contribution >= 4 is 28.4 Å². The van der Waals surface area contributed by atoms with Crippen molar-refractivity contribution in [2.75, 3.05) is 4.90 Å². The van der Waals surface area contributed by atoms with Gasteiger partial charge in [0.15, 0.2) is 0 Å². The van der Waals surface area contributed by atoms with Crippen LogP contribution in [0.5, 0.6) is 0 Å². The third kappa shape index (κ3) is 2.21. The molecule has 5 aromatic rings. The lowest BCUT2D eigenvalue weighted by Gasteiger charge is -2.24. The van der Waals surface area contributed by atoms with Crippen molar-refractivity contribution in [3.05, 3.63) is 103 Å². The van der Waals surface area contributed by atoms with Crippen molar-refractivity contribution < 1.29 is 0 Å². The van der Waals surface area contributed by atoms with E-state index in [-0.39, 0.29) is 0 Å². The third-order valence-corrected chi connectivity index (χ3v) is 4.56. The summed E-state index contributed by atoms with van der Waals surface area (Å²) in [5.41, 5.74) is 3.49. The van der Waals surface area contributed by atoms with Crippen LogP contribution in [0.4, 0.5) is 17.3 Å². The van der Waals surface area contributed by atoms with Gasteiger partial charge in [0.1, 0.15) is 11.6 Å². The maximum atomic E-state index is 2.29. The SMILES string of the molecule is c1ccc(N(c2ccc3ccccn23)c2ccc3ccccn23)cc1. The van der Waals surface area contributed by atoms with Crippen molar-refractivity contribution in [1.82, 2.24) is 8.80 Å².